The highest BCUT2D eigenvalue weighted by Gasteiger charge is 2.10. The molecule has 0 atom stereocenters. The maximum atomic E-state index is 11.7. The molecule has 1 nitrogen and oxygen atoms in total. The first-order valence-electron chi connectivity index (χ1n) is 5.81. The van der Waals surface area contributed by atoms with E-state index in [-0.39, 0.29) is 0 Å². The molecule has 0 aliphatic heterocycles. The summed E-state index contributed by atoms with van der Waals surface area (Å²) in [6.45, 7) is 4.31. The van der Waals surface area contributed by atoms with E-state index in [0.29, 0.717) is 18.1 Å². The van der Waals surface area contributed by atoms with Crippen LogP contribution in [0.4, 0.5) is 0 Å². The van der Waals surface area contributed by atoms with Gasteiger partial charge in [0.05, 0.1) is 0 Å². The standard InChI is InChI=1S/C14H20O/c1-3-12(4-2)10-14(15)11-13-8-6-5-7-9-13/h5-9,12H,3-4,10-11H2,1-2H3. The molecule has 82 valence electrons. The number of carbonyl (C=O) groups excluding carboxylic acids is 1. The van der Waals surface area contributed by atoms with Crippen molar-refractivity contribution in [2.75, 3.05) is 0 Å². The number of hydrogen-bond acceptors (Lipinski definition) is 1. The van der Waals surface area contributed by atoms with E-state index in [1.165, 1.54) is 0 Å². The van der Waals surface area contributed by atoms with Crippen molar-refractivity contribution in [3.63, 3.8) is 0 Å². The van der Waals surface area contributed by atoms with Gasteiger partial charge in [0, 0.05) is 12.8 Å². The number of benzene rings is 1. The summed E-state index contributed by atoms with van der Waals surface area (Å²) in [5.74, 6) is 0.941. The SMILES string of the molecule is CCC(CC)CC(=O)Cc1ccccc1. The average Bonchev–Trinajstić information content (AvgIpc) is 2.27. The highest BCUT2D eigenvalue weighted by molar-refractivity contribution is 5.81. The number of rotatable bonds is 6. The summed E-state index contributed by atoms with van der Waals surface area (Å²) in [6, 6.07) is 9.99. The molecular formula is C14H20O. The van der Waals surface area contributed by atoms with Crippen LogP contribution < -0.4 is 0 Å². The van der Waals surface area contributed by atoms with Crippen LogP contribution in [0.3, 0.4) is 0 Å². The van der Waals surface area contributed by atoms with E-state index in [4.69, 9.17) is 0 Å². The predicted octanol–water partition coefficient (Wildman–Crippen LogP) is 3.62. The second kappa shape index (κ2) is 6.39. The van der Waals surface area contributed by atoms with E-state index < -0.39 is 0 Å². The highest BCUT2D eigenvalue weighted by Crippen LogP contribution is 2.14. The Morgan fingerprint density at radius 1 is 1.13 bits per heavy atom. The van der Waals surface area contributed by atoms with Crippen molar-refractivity contribution in [2.45, 2.75) is 39.5 Å². The second-order valence-electron chi connectivity index (χ2n) is 4.09. The Labute approximate surface area is 92.5 Å². The first-order valence-corrected chi connectivity index (χ1v) is 5.81. The van der Waals surface area contributed by atoms with Gasteiger partial charge in [-0.25, -0.2) is 0 Å². The Morgan fingerprint density at radius 2 is 1.73 bits per heavy atom. The summed E-state index contributed by atoms with van der Waals surface area (Å²) < 4.78 is 0. The van der Waals surface area contributed by atoms with Gasteiger partial charge in [-0.2, -0.15) is 0 Å². The van der Waals surface area contributed by atoms with Crippen molar-refractivity contribution < 1.29 is 4.79 Å². The minimum absolute atomic E-state index is 0.370. The fourth-order valence-electron chi connectivity index (χ4n) is 1.80. The van der Waals surface area contributed by atoms with Crippen molar-refractivity contribution in [2.24, 2.45) is 5.92 Å². The Kier molecular flexibility index (Phi) is 5.09. The van der Waals surface area contributed by atoms with Gasteiger partial charge >= 0.3 is 0 Å². The van der Waals surface area contributed by atoms with Crippen LogP contribution in [-0.2, 0) is 11.2 Å². The number of hydrogen-bond donors (Lipinski definition) is 0. The highest BCUT2D eigenvalue weighted by atomic mass is 16.1. The lowest BCUT2D eigenvalue weighted by Crippen LogP contribution is -2.09. The molecule has 0 N–H and O–H groups in total. The van der Waals surface area contributed by atoms with E-state index in [2.05, 4.69) is 13.8 Å². The first-order chi connectivity index (χ1) is 7.26. The molecule has 15 heavy (non-hydrogen) atoms. The Hall–Kier alpha value is -1.11. The maximum Gasteiger partial charge on any atom is 0.137 e. The predicted molar refractivity (Wildman–Crippen MR) is 63.8 cm³/mol. The van der Waals surface area contributed by atoms with Gasteiger partial charge in [-0.05, 0) is 11.5 Å². The Bertz CT molecular complexity index is 285. The summed E-state index contributed by atoms with van der Waals surface area (Å²) in [4.78, 5) is 11.7. The number of carbonyl (C=O) groups is 1. The molecule has 0 aromatic heterocycles. The summed E-state index contributed by atoms with van der Waals surface area (Å²) in [6.07, 6.45) is 3.55. The largest absolute Gasteiger partial charge is 0.299 e. The van der Waals surface area contributed by atoms with Crippen LogP contribution in [0.25, 0.3) is 0 Å². The van der Waals surface area contributed by atoms with E-state index in [1.54, 1.807) is 0 Å². The molecule has 0 saturated carbocycles. The molecule has 1 heteroatoms. The van der Waals surface area contributed by atoms with Crippen LogP contribution in [0.15, 0.2) is 30.3 Å². The van der Waals surface area contributed by atoms with Crippen molar-refractivity contribution in [3.8, 4) is 0 Å². The zero-order valence-electron chi connectivity index (χ0n) is 9.70. The fourth-order valence-corrected chi connectivity index (χ4v) is 1.80. The minimum Gasteiger partial charge on any atom is -0.299 e. The molecule has 1 aromatic carbocycles. The molecule has 0 bridgehead atoms. The number of ketones is 1. The minimum atomic E-state index is 0.370. The van der Waals surface area contributed by atoms with Gasteiger partial charge in [0.15, 0.2) is 0 Å². The van der Waals surface area contributed by atoms with Crippen LogP contribution in [0.1, 0.15) is 38.7 Å². The summed E-state index contributed by atoms with van der Waals surface area (Å²) in [5, 5.41) is 0. The topological polar surface area (TPSA) is 17.1 Å². The van der Waals surface area contributed by atoms with Crippen LogP contribution >= 0.6 is 0 Å². The molecule has 0 fully saturated rings. The van der Waals surface area contributed by atoms with E-state index in [1.807, 2.05) is 30.3 Å². The van der Waals surface area contributed by atoms with Crippen LogP contribution in [-0.4, -0.2) is 5.78 Å². The van der Waals surface area contributed by atoms with Crippen molar-refractivity contribution in [1.82, 2.24) is 0 Å². The molecule has 0 aliphatic carbocycles. The van der Waals surface area contributed by atoms with Gasteiger partial charge in [-0.3, -0.25) is 4.79 Å². The summed E-state index contributed by atoms with van der Waals surface area (Å²) in [7, 11) is 0. The maximum absolute atomic E-state index is 11.7. The van der Waals surface area contributed by atoms with Gasteiger partial charge in [-0.15, -0.1) is 0 Å². The normalized spacial score (nSPS) is 10.6. The molecule has 1 aromatic rings. The average molecular weight is 204 g/mol. The van der Waals surface area contributed by atoms with Crippen LogP contribution in [0.5, 0.6) is 0 Å². The lowest BCUT2D eigenvalue weighted by Gasteiger charge is -2.10. The van der Waals surface area contributed by atoms with Crippen molar-refractivity contribution in [3.05, 3.63) is 35.9 Å². The molecule has 0 aliphatic rings. The second-order valence-corrected chi connectivity index (χ2v) is 4.09. The third-order valence-corrected chi connectivity index (χ3v) is 2.92. The van der Waals surface area contributed by atoms with Gasteiger partial charge in [0.1, 0.15) is 5.78 Å². The smallest absolute Gasteiger partial charge is 0.137 e. The Balaban J connectivity index is 2.43. The monoisotopic (exact) mass is 204 g/mol. The quantitative estimate of drug-likeness (QED) is 0.691. The molecular weight excluding hydrogens is 184 g/mol. The first kappa shape index (κ1) is 12.0. The molecule has 0 heterocycles. The molecule has 0 radical (unpaired) electrons. The molecule has 0 unspecified atom stereocenters. The Morgan fingerprint density at radius 3 is 2.27 bits per heavy atom. The van der Waals surface area contributed by atoms with Gasteiger partial charge in [0.2, 0.25) is 0 Å². The van der Waals surface area contributed by atoms with Gasteiger partial charge in [-0.1, -0.05) is 57.0 Å². The lowest BCUT2D eigenvalue weighted by atomic mass is 9.94. The zero-order chi connectivity index (χ0) is 11.1. The fraction of sp³-hybridized carbons (Fsp3) is 0.500. The van der Waals surface area contributed by atoms with E-state index in [0.717, 1.165) is 24.8 Å². The molecule has 0 saturated heterocycles. The van der Waals surface area contributed by atoms with Crippen LogP contribution in [0.2, 0.25) is 0 Å². The van der Waals surface area contributed by atoms with Crippen molar-refractivity contribution >= 4 is 5.78 Å². The third-order valence-electron chi connectivity index (χ3n) is 2.92. The zero-order valence-corrected chi connectivity index (χ0v) is 9.70. The van der Waals surface area contributed by atoms with Gasteiger partial charge in [0.25, 0.3) is 0 Å². The number of Topliss-reactive ketones (excluding diaryl/α,β-unsaturated/α-hetero) is 1. The molecule has 0 spiro atoms. The molecule has 1 rings (SSSR count). The summed E-state index contributed by atoms with van der Waals surface area (Å²) in [5.41, 5.74) is 1.13. The van der Waals surface area contributed by atoms with E-state index in [9.17, 15) is 4.79 Å². The van der Waals surface area contributed by atoms with Crippen LogP contribution in [0, 0.1) is 5.92 Å². The summed E-state index contributed by atoms with van der Waals surface area (Å²) >= 11 is 0. The third kappa shape index (κ3) is 4.28. The van der Waals surface area contributed by atoms with Gasteiger partial charge < -0.3 is 0 Å². The van der Waals surface area contributed by atoms with Crippen molar-refractivity contribution in [1.29, 1.82) is 0 Å². The molecule has 0 amide bonds. The lowest BCUT2D eigenvalue weighted by molar-refractivity contribution is -0.119. The van der Waals surface area contributed by atoms with E-state index >= 15 is 0 Å².